The van der Waals surface area contributed by atoms with Crippen LogP contribution < -0.4 is 4.74 Å². The number of ether oxygens (including phenoxy) is 1. The summed E-state index contributed by atoms with van der Waals surface area (Å²) in [5, 5.41) is 14.0. The lowest BCUT2D eigenvalue weighted by atomic mass is 10.1. The molecular formula is C18H18N2O3S2. The third kappa shape index (κ3) is 4.56. The molecule has 0 bridgehead atoms. The average molecular weight is 374 g/mol. The predicted octanol–water partition coefficient (Wildman–Crippen LogP) is 3.82. The zero-order valence-corrected chi connectivity index (χ0v) is 15.3. The molecule has 5 nitrogen and oxygen atoms in total. The van der Waals surface area contributed by atoms with Crippen LogP contribution in [0.2, 0.25) is 0 Å². The van der Waals surface area contributed by atoms with Gasteiger partial charge in [0.2, 0.25) is 0 Å². The maximum atomic E-state index is 11.6. The van der Waals surface area contributed by atoms with Crippen LogP contribution in [-0.2, 0) is 0 Å². The molecule has 1 aromatic carbocycles. The van der Waals surface area contributed by atoms with Crippen molar-refractivity contribution < 1.29 is 14.6 Å². The van der Waals surface area contributed by atoms with Crippen LogP contribution in [0.15, 0.2) is 47.1 Å². The van der Waals surface area contributed by atoms with Crippen molar-refractivity contribution in [2.45, 2.75) is 24.5 Å². The summed E-state index contributed by atoms with van der Waals surface area (Å²) in [7, 11) is 0. The van der Waals surface area contributed by atoms with Crippen molar-refractivity contribution in [2.75, 3.05) is 12.4 Å². The Morgan fingerprint density at radius 1 is 1.28 bits per heavy atom. The van der Waals surface area contributed by atoms with Crippen LogP contribution in [0.25, 0.3) is 10.2 Å². The molecule has 1 atom stereocenters. The van der Waals surface area contributed by atoms with Gasteiger partial charge in [-0.3, -0.25) is 4.79 Å². The molecule has 0 saturated heterocycles. The molecule has 7 heteroatoms. The molecule has 0 amide bonds. The summed E-state index contributed by atoms with van der Waals surface area (Å²) >= 11 is 3.06. The van der Waals surface area contributed by atoms with Crippen molar-refractivity contribution in [3.63, 3.8) is 0 Å². The summed E-state index contributed by atoms with van der Waals surface area (Å²) < 4.78 is 5.59. The Labute approximate surface area is 154 Å². The number of Topliss-reactive ketones (excluding diaryl/α,β-unsaturated/α-hetero) is 1. The van der Waals surface area contributed by atoms with Crippen LogP contribution >= 0.6 is 23.1 Å². The van der Waals surface area contributed by atoms with Gasteiger partial charge in [-0.2, -0.15) is 0 Å². The Morgan fingerprint density at radius 2 is 2.08 bits per heavy atom. The summed E-state index contributed by atoms with van der Waals surface area (Å²) in [5.41, 5.74) is 0.675. The monoisotopic (exact) mass is 374 g/mol. The van der Waals surface area contributed by atoms with Crippen LogP contribution in [-0.4, -0.2) is 39.3 Å². The van der Waals surface area contributed by atoms with E-state index in [-0.39, 0.29) is 12.4 Å². The number of benzene rings is 1. The molecule has 3 aromatic rings. The fraction of sp³-hybridized carbons (Fsp3) is 0.278. The summed E-state index contributed by atoms with van der Waals surface area (Å²) in [5.74, 6) is 1.22. The largest absolute Gasteiger partial charge is 0.491 e. The highest BCUT2D eigenvalue weighted by atomic mass is 32.2. The molecule has 0 aliphatic heterocycles. The summed E-state index contributed by atoms with van der Waals surface area (Å²) in [4.78, 5) is 21.0. The van der Waals surface area contributed by atoms with Crippen LogP contribution in [0.3, 0.4) is 0 Å². The molecule has 130 valence electrons. The lowest BCUT2D eigenvalue weighted by molar-refractivity contribution is 0.0987. The minimum Gasteiger partial charge on any atom is -0.491 e. The van der Waals surface area contributed by atoms with Gasteiger partial charge in [0, 0.05) is 23.1 Å². The first-order chi connectivity index (χ1) is 12.2. The van der Waals surface area contributed by atoms with Crippen molar-refractivity contribution >= 4 is 39.1 Å². The molecule has 0 spiro atoms. The SMILES string of the molecule is CCC(=O)c1ccc(OCC(O)CSc2ncnc3sccc23)cc1. The number of hydrogen-bond acceptors (Lipinski definition) is 7. The van der Waals surface area contributed by atoms with Gasteiger partial charge >= 0.3 is 0 Å². The highest BCUT2D eigenvalue weighted by Gasteiger charge is 2.11. The molecule has 0 aliphatic rings. The highest BCUT2D eigenvalue weighted by molar-refractivity contribution is 7.99. The van der Waals surface area contributed by atoms with E-state index in [1.54, 1.807) is 41.9 Å². The number of aromatic nitrogens is 2. The van der Waals surface area contributed by atoms with E-state index in [9.17, 15) is 9.90 Å². The third-order valence-corrected chi connectivity index (χ3v) is 5.55. The molecule has 1 unspecified atom stereocenters. The van der Waals surface area contributed by atoms with E-state index in [4.69, 9.17) is 4.74 Å². The van der Waals surface area contributed by atoms with E-state index >= 15 is 0 Å². The zero-order chi connectivity index (χ0) is 17.6. The number of nitrogens with zero attached hydrogens (tertiary/aromatic N) is 2. The Hall–Kier alpha value is -1.96. The number of hydrogen-bond donors (Lipinski definition) is 1. The zero-order valence-electron chi connectivity index (χ0n) is 13.7. The number of ketones is 1. The van der Waals surface area contributed by atoms with Gasteiger partial charge in [0.1, 0.15) is 28.5 Å². The van der Waals surface area contributed by atoms with E-state index in [0.29, 0.717) is 23.5 Å². The second kappa shape index (κ2) is 8.42. The molecular weight excluding hydrogens is 356 g/mol. The molecule has 3 rings (SSSR count). The van der Waals surface area contributed by atoms with Crippen molar-refractivity contribution in [1.29, 1.82) is 0 Å². The summed E-state index contributed by atoms with van der Waals surface area (Å²) in [6, 6.07) is 8.99. The first-order valence-corrected chi connectivity index (χ1v) is 9.79. The third-order valence-electron chi connectivity index (χ3n) is 3.58. The molecule has 2 heterocycles. The summed E-state index contributed by atoms with van der Waals surface area (Å²) in [6.45, 7) is 2.02. The molecule has 0 saturated carbocycles. The number of thioether (sulfide) groups is 1. The molecule has 0 aliphatic carbocycles. The van der Waals surface area contributed by atoms with Crippen LogP contribution in [0.5, 0.6) is 5.75 Å². The number of aliphatic hydroxyl groups is 1. The van der Waals surface area contributed by atoms with Gasteiger partial charge in [-0.05, 0) is 35.7 Å². The first-order valence-electron chi connectivity index (χ1n) is 7.92. The molecule has 0 radical (unpaired) electrons. The number of aliphatic hydroxyl groups excluding tert-OH is 1. The van der Waals surface area contributed by atoms with Crippen LogP contribution in [0.4, 0.5) is 0 Å². The number of thiophene rings is 1. The standard InChI is InChI=1S/C18H18N2O3S2/c1-2-16(22)12-3-5-14(6-4-12)23-9-13(21)10-25-18-15-7-8-24-17(15)19-11-20-18/h3-8,11,13,21H,2,9-10H2,1H3. The fourth-order valence-electron chi connectivity index (χ4n) is 2.24. The Bertz CT molecular complexity index is 849. The lowest BCUT2D eigenvalue weighted by Gasteiger charge is -2.12. The molecule has 0 fully saturated rings. The van der Waals surface area contributed by atoms with Crippen molar-refractivity contribution in [2.24, 2.45) is 0 Å². The van der Waals surface area contributed by atoms with E-state index in [1.165, 1.54) is 11.8 Å². The maximum Gasteiger partial charge on any atom is 0.162 e. The highest BCUT2D eigenvalue weighted by Crippen LogP contribution is 2.28. The number of carbonyl (C=O) groups excluding carboxylic acids is 1. The quantitative estimate of drug-likeness (QED) is 0.367. The lowest BCUT2D eigenvalue weighted by Crippen LogP contribution is -2.20. The van der Waals surface area contributed by atoms with Crippen LogP contribution in [0, 0.1) is 0 Å². The molecule has 25 heavy (non-hydrogen) atoms. The van der Waals surface area contributed by atoms with E-state index in [1.807, 2.05) is 18.4 Å². The summed E-state index contributed by atoms with van der Waals surface area (Å²) in [6.07, 6.45) is 1.41. The normalized spacial score (nSPS) is 12.2. The predicted molar refractivity (Wildman–Crippen MR) is 101 cm³/mol. The maximum absolute atomic E-state index is 11.6. The van der Waals surface area contributed by atoms with Gasteiger partial charge in [-0.25, -0.2) is 9.97 Å². The smallest absolute Gasteiger partial charge is 0.162 e. The average Bonchev–Trinajstić information content (AvgIpc) is 3.13. The van der Waals surface area contributed by atoms with Gasteiger partial charge in [0.05, 0.1) is 6.10 Å². The number of carbonyl (C=O) groups is 1. The van der Waals surface area contributed by atoms with Crippen LogP contribution in [0.1, 0.15) is 23.7 Å². The second-order valence-corrected chi connectivity index (χ2v) is 7.30. The molecule has 1 N–H and O–H groups in total. The Kier molecular flexibility index (Phi) is 6.01. The van der Waals surface area contributed by atoms with Gasteiger partial charge in [0.25, 0.3) is 0 Å². The van der Waals surface area contributed by atoms with E-state index < -0.39 is 6.10 Å². The Balaban J connectivity index is 1.50. The van der Waals surface area contributed by atoms with E-state index in [0.717, 1.165) is 15.2 Å². The molecule has 2 aromatic heterocycles. The fourth-order valence-corrected chi connectivity index (χ4v) is 3.92. The minimum absolute atomic E-state index is 0.104. The van der Waals surface area contributed by atoms with Crippen molar-refractivity contribution in [3.8, 4) is 5.75 Å². The van der Waals surface area contributed by atoms with Gasteiger partial charge in [-0.15, -0.1) is 23.1 Å². The number of fused-ring (bicyclic) bond motifs is 1. The van der Waals surface area contributed by atoms with Gasteiger partial charge < -0.3 is 9.84 Å². The topological polar surface area (TPSA) is 72.3 Å². The first kappa shape index (κ1) is 17.8. The van der Waals surface area contributed by atoms with Gasteiger partial charge in [0.15, 0.2) is 5.78 Å². The number of rotatable bonds is 8. The van der Waals surface area contributed by atoms with Crippen molar-refractivity contribution in [3.05, 3.63) is 47.6 Å². The van der Waals surface area contributed by atoms with Crippen molar-refractivity contribution in [1.82, 2.24) is 9.97 Å². The minimum atomic E-state index is -0.620. The second-order valence-electron chi connectivity index (χ2n) is 5.40. The Morgan fingerprint density at radius 3 is 2.84 bits per heavy atom. The van der Waals surface area contributed by atoms with E-state index in [2.05, 4.69) is 9.97 Å². The van der Waals surface area contributed by atoms with Gasteiger partial charge in [-0.1, -0.05) is 6.92 Å².